The molecular formula is C17H29N3O. The SMILES string of the molecule is CCCC1(c2nc(C3CCCCCCC3)no2)CCNC1. The molecule has 2 fully saturated rings. The van der Waals surface area contributed by atoms with Crippen molar-refractivity contribution in [3.63, 3.8) is 0 Å². The first kappa shape index (κ1) is 15.0. The highest BCUT2D eigenvalue weighted by atomic mass is 16.5. The van der Waals surface area contributed by atoms with Gasteiger partial charge >= 0.3 is 0 Å². The standard InChI is InChI=1S/C17H29N3O/c1-2-10-17(11-12-18-13-17)16-19-15(20-21-16)14-8-6-4-3-5-7-9-14/h14,18H,2-13H2,1H3. The second-order valence-corrected chi connectivity index (χ2v) is 6.96. The Balaban J connectivity index is 1.75. The van der Waals surface area contributed by atoms with E-state index < -0.39 is 0 Å². The summed E-state index contributed by atoms with van der Waals surface area (Å²) in [5.41, 5.74) is 0.0988. The second kappa shape index (κ2) is 6.91. The van der Waals surface area contributed by atoms with Gasteiger partial charge in [0.2, 0.25) is 5.89 Å². The van der Waals surface area contributed by atoms with E-state index in [1.807, 2.05) is 0 Å². The van der Waals surface area contributed by atoms with Gasteiger partial charge < -0.3 is 9.84 Å². The van der Waals surface area contributed by atoms with Crippen LogP contribution in [0, 0.1) is 0 Å². The van der Waals surface area contributed by atoms with Crippen molar-refractivity contribution in [3.05, 3.63) is 11.7 Å². The Morgan fingerprint density at radius 2 is 1.95 bits per heavy atom. The maximum Gasteiger partial charge on any atom is 0.234 e. The van der Waals surface area contributed by atoms with Crippen molar-refractivity contribution < 1.29 is 4.52 Å². The fourth-order valence-corrected chi connectivity index (χ4v) is 4.06. The highest BCUT2D eigenvalue weighted by Crippen LogP contribution is 2.36. The minimum Gasteiger partial charge on any atom is -0.339 e. The van der Waals surface area contributed by atoms with Gasteiger partial charge in [-0.25, -0.2) is 0 Å². The smallest absolute Gasteiger partial charge is 0.234 e. The average molecular weight is 291 g/mol. The Morgan fingerprint density at radius 1 is 1.19 bits per heavy atom. The van der Waals surface area contributed by atoms with Crippen molar-refractivity contribution in [2.24, 2.45) is 0 Å². The minimum absolute atomic E-state index is 0.0988. The summed E-state index contributed by atoms with van der Waals surface area (Å²) in [6.07, 6.45) is 12.7. The van der Waals surface area contributed by atoms with Crippen LogP contribution >= 0.6 is 0 Å². The second-order valence-electron chi connectivity index (χ2n) is 6.96. The number of nitrogens with one attached hydrogen (secondary N) is 1. The van der Waals surface area contributed by atoms with E-state index in [1.54, 1.807) is 0 Å². The molecule has 4 heteroatoms. The van der Waals surface area contributed by atoms with E-state index >= 15 is 0 Å². The molecule has 1 unspecified atom stereocenters. The summed E-state index contributed by atoms with van der Waals surface area (Å²) in [6.45, 7) is 4.31. The van der Waals surface area contributed by atoms with E-state index in [-0.39, 0.29) is 5.41 Å². The Labute approximate surface area is 128 Å². The number of aromatic nitrogens is 2. The molecule has 1 aliphatic carbocycles. The summed E-state index contributed by atoms with van der Waals surface area (Å²) in [7, 11) is 0. The van der Waals surface area contributed by atoms with Crippen LogP contribution in [0.1, 0.15) is 88.8 Å². The van der Waals surface area contributed by atoms with Crippen LogP contribution in [0.2, 0.25) is 0 Å². The normalized spacial score (nSPS) is 28.4. The van der Waals surface area contributed by atoms with Crippen LogP contribution in [0.5, 0.6) is 0 Å². The van der Waals surface area contributed by atoms with Gasteiger partial charge in [-0.15, -0.1) is 0 Å². The van der Waals surface area contributed by atoms with Gasteiger partial charge in [0.05, 0.1) is 5.41 Å². The number of rotatable bonds is 4. The molecule has 1 aromatic heterocycles. The van der Waals surface area contributed by atoms with E-state index in [9.17, 15) is 0 Å². The molecule has 1 saturated heterocycles. The van der Waals surface area contributed by atoms with Crippen LogP contribution in [0.3, 0.4) is 0 Å². The minimum atomic E-state index is 0.0988. The first-order chi connectivity index (χ1) is 10.3. The largest absolute Gasteiger partial charge is 0.339 e. The summed E-state index contributed by atoms with van der Waals surface area (Å²) in [4.78, 5) is 4.86. The van der Waals surface area contributed by atoms with Crippen LogP contribution in [0.25, 0.3) is 0 Å². The van der Waals surface area contributed by atoms with E-state index in [2.05, 4.69) is 17.4 Å². The first-order valence-corrected chi connectivity index (χ1v) is 8.89. The molecule has 0 aromatic carbocycles. The molecule has 3 rings (SSSR count). The monoisotopic (exact) mass is 291 g/mol. The fourth-order valence-electron chi connectivity index (χ4n) is 4.06. The molecule has 2 aliphatic rings. The van der Waals surface area contributed by atoms with Gasteiger partial charge in [-0.1, -0.05) is 50.6 Å². The van der Waals surface area contributed by atoms with Crippen molar-refractivity contribution in [1.29, 1.82) is 0 Å². The summed E-state index contributed by atoms with van der Waals surface area (Å²) >= 11 is 0. The summed E-state index contributed by atoms with van der Waals surface area (Å²) in [5, 5.41) is 7.85. The molecule has 1 aliphatic heterocycles. The van der Waals surface area contributed by atoms with Gasteiger partial charge in [-0.05, 0) is 32.2 Å². The average Bonchev–Trinajstić information content (AvgIpc) is 3.08. The van der Waals surface area contributed by atoms with Crippen molar-refractivity contribution in [1.82, 2.24) is 15.5 Å². The Bertz CT molecular complexity index is 429. The highest BCUT2D eigenvalue weighted by Gasteiger charge is 2.40. The molecular weight excluding hydrogens is 262 g/mol. The van der Waals surface area contributed by atoms with Crippen LogP contribution in [0.4, 0.5) is 0 Å². The van der Waals surface area contributed by atoms with Crippen LogP contribution in [0.15, 0.2) is 4.52 Å². The fraction of sp³-hybridized carbons (Fsp3) is 0.882. The van der Waals surface area contributed by atoms with Crippen molar-refractivity contribution in [2.75, 3.05) is 13.1 Å². The third kappa shape index (κ3) is 3.31. The van der Waals surface area contributed by atoms with Gasteiger partial charge in [0, 0.05) is 12.5 Å². The van der Waals surface area contributed by atoms with Crippen LogP contribution in [-0.2, 0) is 5.41 Å². The lowest BCUT2D eigenvalue weighted by atomic mass is 9.82. The Kier molecular flexibility index (Phi) is 4.94. The molecule has 1 N–H and O–H groups in total. The Hall–Kier alpha value is -0.900. The summed E-state index contributed by atoms with van der Waals surface area (Å²) in [6, 6.07) is 0. The maximum atomic E-state index is 5.73. The van der Waals surface area contributed by atoms with E-state index in [0.717, 1.165) is 37.6 Å². The quantitative estimate of drug-likeness (QED) is 0.913. The maximum absolute atomic E-state index is 5.73. The van der Waals surface area contributed by atoms with Gasteiger partial charge in [0.25, 0.3) is 0 Å². The lowest BCUT2D eigenvalue weighted by Gasteiger charge is -2.22. The van der Waals surface area contributed by atoms with Gasteiger partial charge in [-0.2, -0.15) is 4.98 Å². The van der Waals surface area contributed by atoms with Crippen LogP contribution < -0.4 is 5.32 Å². The van der Waals surface area contributed by atoms with Crippen LogP contribution in [-0.4, -0.2) is 23.2 Å². The predicted molar refractivity (Wildman–Crippen MR) is 83.4 cm³/mol. The summed E-state index contributed by atoms with van der Waals surface area (Å²) < 4.78 is 5.73. The summed E-state index contributed by atoms with van der Waals surface area (Å²) in [5.74, 6) is 2.40. The van der Waals surface area contributed by atoms with Gasteiger partial charge in [0.15, 0.2) is 5.82 Å². The number of hydrogen-bond donors (Lipinski definition) is 1. The molecule has 0 radical (unpaired) electrons. The molecule has 0 amide bonds. The first-order valence-electron chi connectivity index (χ1n) is 8.89. The number of nitrogens with zero attached hydrogens (tertiary/aromatic N) is 2. The third-order valence-corrected chi connectivity index (χ3v) is 5.34. The van der Waals surface area contributed by atoms with Gasteiger partial charge in [-0.3, -0.25) is 0 Å². The van der Waals surface area contributed by atoms with E-state index in [1.165, 1.54) is 51.4 Å². The molecule has 2 heterocycles. The zero-order chi connectivity index (χ0) is 14.5. The molecule has 1 atom stereocenters. The lowest BCUT2D eigenvalue weighted by Crippen LogP contribution is -2.29. The Morgan fingerprint density at radius 3 is 2.62 bits per heavy atom. The molecule has 118 valence electrons. The van der Waals surface area contributed by atoms with E-state index in [0.29, 0.717) is 5.92 Å². The van der Waals surface area contributed by atoms with Crippen molar-refractivity contribution in [3.8, 4) is 0 Å². The molecule has 21 heavy (non-hydrogen) atoms. The highest BCUT2D eigenvalue weighted by molar-refractivity contribution is 5.11. The molecule has 0 bridgehead atoms. The van der Waals surface area contributed by atoms with Crippen molar-refractivity contribution >= 4 is 0 Å². The lowest BCUT2D eigenvalue weighted by molar-refractivity contribution is 0.274. The third-order valence-electron chi connectivity index (χ3n) is 5.34. The zero-order valence-electron chi connectivity index (χ0n) is 13.4. The topological polar surface area (TPSA) is 51.0 Å². The van der Waals surface area contributed by atoms with Crippen molar-refractivity contribution in [2.45, 2.75) is 82.5 Å². The molecule has 4 nitrogen and oxygen atoms in total. The molecule has 1 saturated carbocycles. The zero-order valence-corrected chi connectivity index (χ0v) is 13.4. The molecule has 0 spiro atoms. The van der Waals surface area contributed by atoms with Gasteiger partial charge in [0.1, 0.15) is 0 Å². The van der Waals surface area contributed by atoms with E-state index in [4.69, 9.17) is 9.51 Å². The number of hydrogen-bond acceptors (Lipinski definition) is 4. The predicted octanol–water partition coefficient (Wildman–Crippen LogP) is 3.93. The molecule has 1 aromatic rings.